The van der Waals surface area contributed by atoms with Crippen molar-refractivity contribution in [1.29, 1.82) is 0 Å². The summed E-state index contributed by atoms with van der Waals surface area (Å²) in [7, 11) is 1.41. The Morgan fingerprint density at radius 3 is 2.18 bits per heavy atom. The molecule has 0 N–H and O–H groups in total. The number of carbonyl (C=O) groups is 1. The molecular formula is C29H33F6NO3. The molecule has 10 heteroatoms. The van der Waals surface area contributed by atoms with E-state index in [1.54, 1.807) is 18.2 Å². The van der Waals surface area contributed by atoms with E-state index in [1.807, 2.05) is 0 Å². The van der Waals surface area contributed by atoms with E-state index in [9.17, 15) is 31.1 Å². The number of carbonyl (C=O) groups excluding carboxylic acids is 1. The summed E-state index contributed by atoms with van der Waals surface area (Å²) in [6.45, 7) is 0.585. The van der Waals surface area contributed by atoms with Gasteiger partial charge in [0.25, 0.3) is 0 Å². The molecule has 2 aliphatic heterocycles. The summed E-state index contributed by atoms with van der Waals surface area (Å²) in [5.41, 5.74) is 0.00319. The molecular weight excluding hydrogens is 524 g/mol. The van der Waals surface area contributed by atoms with Crippen LogP contribution in [0.4, 0.5) is 26.3 Å². The SMILES string of the molecule is COC(=O)C1CC2CCCC(C1)N2Cc1ccc2c(C(F)(F)F)c(O[C@H]3CC[C@@H](C(F)(F)F)CC3)ccc2c1. The first kappa shape index (κ1) is 28.1. The van der Waals surface area contributed by atoms with Crippen molar-refractivity contribution >= 4 is 16.7 Å². The monoisotopic (exact) mass is 557 g/mol. The van der Waals surface area contributed by atoms with Crippen molar-refractivity contribution in [1.82, 2.24) is 4.90 Å². The van der Waals surface area contributed by atoms with Crippen molar-refractivity contribution in [2.45, 2.75) is 94.9 Å². The Hall–Kier alpha value is -2.49. The topological polar surface area (TPSA) is 38.8 Å². The third-order valence-corrected chi connectivity index (χ3v) is 8.79. The van der Waals surface area contributed by atoms with E-state index in [4.69, 9.17) is 9.47 Å². The molecule has 3 fully saturated rings. The van der Waals surface area contributed by atoms with E-state index in [1.165, 1.54) is 19.2 Å². The maximum Gasteiger partial charge on any atom is 0.420 e. The number of rotatable bonds is 5. The Morgan fingerprint density at radius 1 is 0.923 bits per heavy atom. The van der Waals surface area contributed by atoms with Gasteiger partial charge < -0.3 is 9.47 Å². The predicted octanol–water partition coefficient (Wildman–Crippen LogP) is 7.66. The van der Waals surface area contributed by atoms with Gasteiger partial charge in [0, 0.05) is 18.6 Å². The van der Waals surface area contributed by atoms with Crippen LogP contribution < -0.4 is 4.74 Å². The second-order valence-corrected chi connectivity index (χ2v) is 11.2. The molecule has 0 radical (unpaired) electrons. The molecule has 0 aromatic heterocycles. The smallest absolute Gasteiger partial charge is 0.420 e. The zero-order chi connectivity index (χ0) is 27.9. The number of hydrogen-bond donors (Lipinski definition) is 0. The first-order chi connectivity index (χ1) is 18.4. The van der Waals surface area contributed by atoms with Crippen molar-refractivity contribution in [2.24, 2.45) is 11.8 Å². The van der Waals surface area contributed by atoms with Gasteiger partial charge in [0.1, 0.15) is 11.3 Å². The lowest BCUT2D eigenvalue weighted by atomic mass is 9.78. The van der Waals surface area contributed by atoms with Gasteiger partial charge in [-0.3, -0.25) is 9.69 Å². The molecule has 5 rings (SSSR count). The zero-order valence-corrected chi connectivity index (χ0v) is 21.8. The van der Waals surface area contributed by atoms with E-state index in [0.717, 1.165) is 37.7 Å². The van der Waals surface area contributed by atoms with E-state index < -0.39 is 29.9 Å². The molecule has 3 aliphatic rings. The number of methoxy groups -OCH3 is 1. The largest absolute Gasteiger partial charge is 0.490 e. The van der Waals surface area contributed by atoms with Crippen LogP contribution >= 0.6 is 0 Å². The Balaban J connectivity index is 1.35. The summed E-state index contributed by atoms with van der Waals surface area (Å²) in [5, 5.41) is 0.444. The number of fused-ring (bicyclic) bond motifs is 3. The molecule has 1 aliphatic carbocycles. The highest BCUT2D eigenvalue weighted by molar-refractivity contribution is 5.89. The summed E-state index contributed by atoms with van der Waals surface area (Å²) in [6, 6.07) is 8.29. The first-order valence-electron chi connectivity index (χ1n) is 13.6. The lowest BCUT2D eigenvalue weighted by Gasteiger charge is -2.48. The number of nitrogens with zero attached hydrogens (tertiary/aromatic N) is 1. The van der Waals surface area contributed by atoms with E-state index >= 15 is 0 Å². The highest BCUT2D eigenvalue weighted by Gasteiger charge is 2.43. The molecule has 2 atom stereocenters. The highest BCUT2D eigenvalue weighted by atomic mass is 19.4. The Morgan fingerprint density at radius 2 is 1.59 bits per heavy atom. The second kappa shape index (κ2) is 10.8. The lowest BCUT2D eigenvalue weighted by Crippen LogP contribution is -2.52. The van der Waals surface area contributed by atoms with Crippen LogP contribution in [0.25, 0.3) is 10.8 Å². The third-order valence-electron chi connectivity index (χ3n) is 8.79. The van der Waals surface area contributed by atoms with Gasteiger partial charge in [0.2, 0.25) is 0 Å². The fourth-order valence-electron chi connectivity index (χ4n) is 6.84. The van der Waals surface area contributed by atoms with Gasteiger partial charge >= 0.3 is 18.3 Å². The molecule has 214 valence electrons. The van der Waals surface area contributed by atoms with E-state index in [2.05, 4.69) is 4.90 Å². The van der Waals surface area contributed by atoms with Gasteiger partial charge in [0.15, 0.2) is 0 Å². The van der Waals surface area contributed by atoms with Gasteiger partial charge in [0.05, 0.1) is 25.0 Å². The van der Waals surface area contributed by atoms with Crippen LogP contribution in [0.2, 0.25) is 0 Å². The lowest BCUT2D eigenvalue weighted by molar-refractivity contribution is -0.185. The molecule has 1 saturated carbocycles. The van der Waals surface area contributed by atoms with Crippen molar-refractivity contribution in [3.63, 3.8) is 0 Å². The molecule has 2 aromatic rings. The Kier molecular flexibility index (Phi) is 7.79. The van der Waals surface area contributed by atoms with Crippen molar-refractivity contribution in [3.8, 4) is 5.75 Å². The zero-order valence-electron chi connectivity index (χ0n) is 21.8. The molecule has 2 saturated heterocycles. The van der Waals surface area contributed by atoms with Crippen LogP contribution in [0, 0.1) is 11.8 Å². The third kappa shape index (κ3) is 6.00. The normalized spacial score (nSPS) is 28.3. The number of piperidine rings is 2. The van der Waals surface area contributed by atoms with Crippen LogP contribution in [-0.2, 0) is 22.3 Å². The molecule has 2 unspecified atom stereocenters. The van der Waals surface area contributed by atoms with E-state index in [0.29, 0.717) is 11.9 Å². The van der Waals surface area contributed by atoms with Gasteiger partial charge in [-0.25, -0.2) is 0 Å². The number of alkyl halides is 6. The molecule has 39 heavy (non-hydrogen) atoms. The fourth-order valence-corrected chi connectivity index (χ4v) is 6.84. The van der Waals surface area contributed by atoms with Crippen molar-refractivity contribution in [3.05, 3.63) is 41.5 Å². The summed E-state index contributed by atoms with van der Waals surface area (Å²) in [5.74, 6) is -2.06. The minimum atomic E-state index is -4.69. The first-order valence-corrected chi connectivity index (χ1v) is 13.6. The standard InChI is InChI=1S/C29H33F6NO3/c1-38-27(37)19-14-21-3-2-4-22(15-19)36(21)16-17-5-11-24-18(13-17)6-12-25(26(24)29(33,34)35)39-23-9-7-20(8-10-23)28(30,31)32/h5-6,11-13,19-23H,2-4,7-10,14-16H2,1H3/t19?,20-,21?,22?,23+. The Bertz CT molecular complexity index is 1170. The van der Waals surface area contributed by atoms with E-state index in [-0.39, 0.29) is 60.8 Å². The quantitative estimate of drug-likeness (QED) is 0.280. The molecule has 2 bridgehead atoms. The molecule has 2 aromatic carbocycles. The molecule has 0 spiro atoms. The van der Waals surface area contributed by atoms with Crippen LogP contribution in [0.5, 0.6) is 5.75 Å². The van der Waals surface area contributed by atoms with Crippen molar-refractivity contribution < 1.29 is 40.6 Å². The Labute approximate surface area is 223 Å². The fraction of sp³-hybridized carbons (Fsp3) is 0.621. The minimum absolute atomic E-state index is 0.0114. The summed E-state index contributed by atoms with van der Waals surface area (Å²) >= 11 is 0. The predicted molar refractivity (Wildman–Crippen MR) is 133 cm³/mol. The average molecular weight is 558 g/mol. The number of hydrogen-bond acceptors (Lipinski definition) is 4. The summed E-state index contributed by atoms with van der Waals surface area (Å²) < 4.78 is 92.3. The molecule has 2 heterocycles. The van der Waals surface area contributed by atoms with Crippen molar-refractivity contribution in [2.75, 3.05) is 7.11 Å². The van der Waals surface area contributed by atoms with Crippen LogP contribution in [0.1, 0.15) is 68.9 Å². The van der Waals surface area contributed by atoms with Gasteiger partial charge in [-0.2, -0.15) is 26.3 Å². The number of ether oxygens (including phenoxy) is 2. The average Bonchev–Trinajstić information content (AvgIpc) is 2.87. The molecule has 0 amide bonds. The van der Waals surface area contributed by atoms with Crippen LogP contribution in [-0.4, -0.2) is 42.3 Å². The number of halogens is 6. The van der Waals surface area contributed by atoms with Gasteiger partial charge in [-0.15, -0.1) is 0 Å². The summed E-state index contributed by atoms with van der Waals surface area (Å²) in [4.78, 5) is 14.5. The minimum Gasteiger partial charge on any atom is -0.490 e. The maximum atomic E-state index is 14.2. The second-order valence-electron chi connectivity index (χ2n) is 11.2. The van der Waals surface area contributed by atoms with Gasteiger partial charge in [-0.05, 0) is 79.8 Å². The number of esters is 1. The van der Waals surface area contributed by atoms with Crippen LogP contribution in [0.3, 0.4) is 0 Å². The van der Waals surface area contributed by atoms with Crippen LogP contribution in [0.15, 0.2) is 30.3 Å². The highest BCUT2D eigenvalue weighted by Crippen LogP contribution is 2.44. The molecule has 4 nitrogen and oxygen atoms in total. The number of benzene rings is 2. The maximum absolute atomic E-state index is 14.2. The summed E-state index contributed by atoms with van der Waals surface area (Å²) in [6.07, 6.45) is -5.35. The van der Waals surface area contributed by atoms with Gasteiger partial charge in [-0.1, -0.05) is 24.6 Å².